The van der Waals surface area contributed by atoms with Crippen molar-refractivity contribution < 1.29 is 4.74 Å². The van der Waals surface area contributed by atoms with Gasteiger partial charge in [-0.1, -0.05) is 37.6 Å². The predicted molar refractivity (Wildman–Crippen MR) is 56.3 cm³/mol. The van der Waals surface area contributed by atoms with Crippen LogP contribution in [0.3, 0.4) is 0 Å². The highest BCUT2D eigenvalue weighted by Crippen LogP contribution is 2.26. The lowest BCUT2D eigenvalue weighted by Gasteiger charge is -2.13. The van der Waals surface area contributed by atoms with Crippen LogP contribution in [0.4, 0.5) is 0 Å². The molecule has 0 unspecified atom stereocenters. The molecule has 13 heavy (non-hydrogen) atoms. The predicted octanol–water partition coefficient (Wildman–Crippen LogP) is 3.61. The summed E-state index contributed by atoms with van der Waals surface area (Å²) in [6.07, 6.45) is 0. The molecule has 0 saturated heterocycles. The van der Waals surface area contributed by atoms with Gasteiger partial charge in [0.15, 0.2) is 0 Å². The fourth-order valence-corrected chi connectivity index (χ4v) is 1.65. The van der Waals surface area contributed by atoms with Gasteiger partial charge in [-0.05, 0) is 23.1 Å². The second-order valence-corrected chi connectivity index (χ2v) is 3.80. The number of rotatable bonds is 3. The van der Waals surface area contributed by atoms with Gasteiger partial charge < -0.3 is 4.74 Å². The molecule has 0 radical (unpaired) electrons. The minimum absolute atomic E-state index is 0.490. The van der Waals surface area contributed by atoms with Crippen LogP contribution in [0, 0.1) is 0 Å². The lowest BCUT2D eigenvalue weighted by Crippen LogP contribution is -1.98. The molecule has 0 aliphatic rings. The number of methoxy groups -OCH3 is 1. The minimum Gasteiger partial charge on any atom is -0.380 e. The van der Waals surface area contributed by atoms with Crippen LogP contribution in [0.5, 0.6) is 0 Å². The molecular formula is C11H15ClO. The molecule has 0 fully saturated rings. The molecule has 1 rings (SSSR count). The second kappa shape index (κ2) is 4.64. The summed E-state index contributed by atoms with van der Waals surface area (Å²) in [7, 11) is 1.69. The number of ether oxygens (including phenoxy) is 1. The highest BCUT2D eigenvalue weighted by atomic mass is 35.5. The summed E-state index contributed by atoms with van der Waals surface area (Å²) in [4.78, 5) is 0. The van der Waals surface area contributed by atoms with Crippen molar-refractivity contribution in [2.45, 2.75) is 26.4 Å². The summed E-state index contributed by atoms with van der Waals surface area (Å²) >= 11 is 6.07. The molecule has 1 aromatic rings. The lowest BCUT2D eigenvalue weighted by molar-refractivity contribution is 0.184. The van der Waals surface area contributed by atoms with Crippen LogP contribution in [-0.4, -0.2) is 7.11 Å². The van der Waals surface area contributed by atoms with Gasteiger partial charge in [0.2, 0.25) is 0 Å². The Balaban J connectivity index is 3.09. The van der Waals surface area contributed by atoms with Crippen molar-refractivity contribution in [3.8, 4) is 0 Å². The smallest absolute Gasteiger partial charge is 0.0730 e. The van der Waals surface area contributed by atoms with Gasteiger partial charge in [-0.3, -0.25) is 0 Å². The van der Waals surface area contributed by atoms with Crippen LogP contribution in [0.25, 0.3) is 0 Å². The fourth-order valence-electron chi connectivity index (χ4n) is 1.41. The van der Waals surface area contributed by atoms with Crippen molar-refractivity contribution in [1.29, 1.82) is 0 Å². The van der Waals surface area contributed by atoms with E-state index in [1.54, 1.807) is 7.11 Å². The largest absolute Gasteiger partial charge is 0.380 e. The molecule has 0 bridgehead atoms. The Morgan fingerprint density at radius 3 is 2.62 bits per heavy atom. The van der Waals surface area contributed by atoms with Crippen molar-refractivity contribution in [1.82, 2.24) is 0 Å². The van der Waals surface area contributed by atoms with Crippen LogP contribution in [0.2, 0.25) is 5.02 Å². The van der Waals surface area contributed by atoms with E-state index in [0.29, 0.717) is 12.5 Å². The standard InChI is InChI=1S/C11H15ClO/c1-8(2)9-5-4-6-11(12)10(9)7-13-3/h4-6,8H,7H2,1-3H3. The van der Waals surface area contributed by atoms with Gasteiger partial charge in [-0.25, -0.2) is 0 Å². The Hall–Kier alpha value is -0.530. The number of halogens is 1. The third-order valence-corrected chi connectivity index (χ3v) is 2.42. The fraction of sp³-hybridized carbons (Fsp3) is 0.455. The summed E-state index contributed by atoms with van der Waals surface area (Å²) in [6, 6.07) is 5.99. The first-order chi connectivity index (χ1) is 6.16. The second-order valence-electron chi connectivity index (χ2n) is 3.40. The van der Waals surface area contributed by atoms with Crippen LogP contribution in [0.1, 0.15) is 30.9 Å². The SMILES string of the molecule is COCc1c(Cl)cccc1C(C)C. The Bertz CT molecular complexity index is 281. The first-order valence-electron chi connectivity index (χ1n) is 4.43. The van der Waals surface area contributed by atoms with Gasteiger partial charge in [-0.15, -0.1) is 0 Å². The molecular weight excluding hydrogens is 184 g/mol. The van der Waals surface area contributed by atoms with Gasteiger partial charge >= 0.3 is 0 Å². The van der Waals surface area contributed by atoms with Crippen LogP contribution in [0.15, 0.2) is 18.2 Å². The van der Waals surface area contributed by atoms with Crippen molar-refractivity contribution in [3.63, 3.8) is 0 Å². The Labute approximate surface area is 84.7 Å². The topological polar surface area (TPSA) is 9.23 Å². The quantitative estimate of drug-likeness (QED) is 0.721. The molecule has 2 heteroatoms. The van der Waals surface area contributed by atoms with Gasteiger partial charge in [0.1, 0.15) is 0 Å². The summed E-state index contributed by atoms with van der Waals surface area (Å²) in [6.45, 7) is 4.91. The van der Waals surface area contributed by atoms with E-state index in [2.05, 4.69) is 19.9 Å². The molecule has 72 valence electrons. The lowest BCUT2D eigenvalue weighted by atomic mass is 9.98. The van der Waals surface area contributed by atoms with E-state index in [1.807, 2.05) is 12.1 Å². The summed E-state index contributed by atoms with van der Waals surface area (Å²) in [5, 5.41) is 0.799. The molecule has 0 N–H and O–H groups in total. The average molecular weight is 199 g/mol. The zero-order valence-corrected chi connectivity index (χ0v) is 9.06. The van der Waals surface area contributed by atoms with Crippen molar-refractivity contribution in [3.05, 3.63) is 34.3 Å². The van der Waals surface area contributed by atoms with Crippen molar-refractivity contribution in [2.24, 2.45) is 0 Å². The molecule has 0 amide bonds. The number of hydrogen-bond donors (Lipinski definition) is 0. The van der Waals surface area contributed by atoms with Crippen LogP contribution in [-0.2, 0) is 11.3 Å². The third kappa shape index (κ3) is 2.45. The molecule has 0 aromatic heterocycles. The van der Waals surface area contributed by atoms with E-state index < -0.39 is 0 Å². The minimum atomic E-state index is 0.490. The molecule has 0 saturated carbocycles. The van der Waals surface area contributed by atoms with E-state index in [1.165, 1.54) is 5.56 Å². The normalized spacial score (nSPS) is 10.8. The molecule has 1 nitrogen and oxygen atoms in total. The molecule has 0 spiro atoms. The maximum Gasteiger partial charge on any atom is 0.0730 e. The monoisotopic (exact) mass is 198 g/mol. The van der Waals surface area contributed by atoms with Crippen molar-refractivity contribution in [2.75, 3.05) is 7.11 Å². The molecule has 0 aliphatic carbocycles. The van der Waals surface area contributed by atoms with E-state index >= 15 is 0 Å². The summed E-state index contributed by atoms with van der Waals surface area (Å²) in [5.74, 6) is 0.490. The van der Waals surface area contributed by atoms with Gasteiger partial charge in [0.25, 0.3) is 0 Å². The Kier molecular flexibility index (Phi) is 3.76. The maximum absolute atomic E-state index is 6.07. The number of hydrogen-bond acceptors (Lipinski definition) is 1. The zero-order valence-electron chi connectivity index (χ0n) is 8.30. The molecule has 1 aromatic carbocycles. The van der Waals surface area contributed by atoms with Crippen LogP contribution >= 0.6 is 11.6 Å². The summed E-state index contributed by atoms with van der Waals surface area (Å²) in [5.41, 5.74) is 2.39. The zero-order chi connectivity index (χ0) is 9.84. The third-order valence-electron chi connectivity index (χ3n) is 2.07. The molecule has 0 atom stereocenters. The Morgan fingerprint density at radius 1 is 1.38 bits per heavy atom. The van der Waals surface area contributed by atoms with Gasteiger partial charge in [-0.2, -0.15) is 0 Å². The highest BCUT2D eigenvalue weighted by molar-refractivity contribution is 6.31. The first-order valence-corrected chi connectivity index (χ1v) is 4.80. The van der Waals surface area contributed by atoms with E-state index in [-0.39, 0.29) is 0 Å². The number of benzene rings is 1. The van der Waals surface area contributed by atoms with E-state index in [9.17, 15) is 0 Å². The molecule has 0 heterocycles. The van der Waals surface area contributed by atoms with Gasteiger partial charge in [0.05, 0.1) is 6.61 Å². The summed E-state index contributed by atoms with van der Waals surface area (Å²) < 4.78 is 5.12. The maximum atomic E-state index is 6.07. The average Bonchev–Trinajstić information content (AvgIpc) is 2.08. The van der Waals surface area contributed by atoms with Gasteiger partial charge in [0, 0.05) is 12.1 Å². The van der Waals surface area contributed by atoms with E-state index in [0.717, 1.165) is 10.6 Å². The first kappa shape index (κ1) is 10.6. The highest BCUT2D eigenvalue weighted by Gasteiger charge is 2.08. The Morgan fingerprint density at radius 2 is 2.08 bits per heavy atom. The van der Waals surface area contributed by atoms with Crippen LogP contribution < -0.4 is 0 Å². The molecule has 0 aliphatic heterocycles. The van der Waals surface area contributed by atoms with Crippen molar-refractivity contribution >= 4 is 11.6 Å². The van der Waals surface area contributed by atoms with E-state index in [4.69, 9.17) is 16.3 Å².